The topological polar surface area (TPSA) is 59.1 Å². The number of rotatable bonds is 11. The van der Waals surface area contributed by atoms with E-state index in [1.54, 1.807) is 0 Å². The van der Waals surface area contributed by atoms with E-state index in [1.165, 1.54) is 0 Å². The summed E-state index contributed by atoms with van der Waals surface area (Å²) in [4.78, 5) is 29.0. The Bertz CT molecular complexity index is 521. The Labute approximate surface area is 182 Å². The van der Waals surface area contributed by atoms with E-state index in [-0.39, 0.29) is 5.91 Å². The van der Waals surface area contributed by atoms with Crippen LogP contribution in [0, 0.1) is 5.92 Å². The molecule has 2 amide bonds. The third kappa shape index (κ3) is 7.52. The molecule has 0 aromatic rings. The van der Waals surface area contributed by atoms with Crippen molar-refractivity contribution in [3.05, 3.63) is 0 Å². The average molecular weight is 423 g/mol. The average Bonchev–Trinajstić information content (AvgIpc) is 3.48. The molecule has 3 aliphatic heterocycles. The lowest BCUT2D eigenvalue weighted by Gasteiger charge is -2.32. The predicted molar refractivity (Wildman–Crippen MR) is 117 cm³/mol. The van der Waals surface area contributed by atoms with E-state index in [0.717, 1.165) is 104 Å². The monoisotopic (exact) mass is 422 g/mol. The van der Waals surface area contributed by atoms with Crippen LogP contribution in [0.3, 0.4) is 0 Å². The van der Waals surface area contributed by atoms with Crippen molar-refractivity contribution in [3.63, 3.8) is 0 Å². The van der Waals surface area contributed by atoms with Crippen molar-refractivity contribution in [2.24, 2.45) is 5.92 Å². The third-order valence-electron chi connectivity index (χ3n) is 7.15. The quantitative estimate of drug-likeness (QED) is 0.509. The summed E-state index contributed by atoms with van der Waals surface area (Å²) >= 11 is 0. The lowest BCUT2D eigenvalue weighted by molar-refractivity contribution is -0.133. The van der Waals surface area contributed by atoms with Gasteiger partial charge in [0.25, 0.3) is 0 Å². The third-order valence-corrected chi connectivity index (χ3v) is 7.15. The van der Waals surface area contributed by atoms with E-state index >= 15 is 0 Å². The van der Waals surface area contributed by atoms with Crippen LogP contribution in [0.2, 0.25) is 0 Å². The highest BCUT2D eigenvalue weighted by atomic mass is 16.5. The molecule has 0 N–H and O–H groups in total. The van der Waals surface area contributed by atoms with Gasteiger partial charge in [-0.1, -0.05) is 0 Å². The van der Waals surface area contributed by atoms with E-state index in [2.05, 4.69) is 11.8 Å². The maximum Gasteiger partial charge on any atom is 0.222 e. The number of likely N-dealkylation sites (tertiary alicyclic amines) is 1. The highest BCUT2D eigenvalue weighted by molar-refractivity contribution is 5.76. The fourth-order valence-corrected chi connectivity index (χ4v) is 5.13. The van der Waals surface area contributed by atoms with Gasteiger partial charge in [-0.2, -0.15) is 0 Å². The summed E-state index contributed by atoms with van der Waals surface area (Å²) in [6.07, 6.45) is 12.5. The van der Waals surface area contributed by atoms with Crippen LogP contribution in [0.4, 0.5) is 0 Å². The van der Waals surface area contributed by atoms with Gasteiger partial charge < -0.3 is 19.3 Å². The van der Waals surface area contributed by atoms with Crippen LogP contribution < -0.4 is 0 Å². The molecule has 0 aliphatic carbocycles. The van der Waals surface area contributed by atoms with Gasteiger partial charge in [-0.3, -0.25) is 9.59 Å². The first-order valence-corrected chi connectivity index (χ1v) is 12.4. The van der Waals surface area contributed by atoms with Crippen LogP contribution in [0.15, 0.2) is 0 Å². The SMILES string of the molecule is CCN(CCCC1CCN(C(=O)CC[C@H]2CCCO2)CC1)C(=O)CC[C@H]1CCCO1. The summed E-state index contributed by atoms with van der Waals surface area (Å²) in [7, 11) is 0. The van der Waals surface area contributed by atoms with Crippen molar-refractivity contribution < 1.29 is 19.1 Å². The van der Waals surface area contributed by atoms with Crippen molar-refractivity contribution in [2.75, 3.05) is 39.4 Å². The maximum absolute atomic E-state index is 12.5. The van der Waals surface area contributed by atoms with Gasteiger partial charge in [0.2, 0.25) is 11.8 Å². The van der Waals surface area contributed by atoms with E-state index in [4.69, 9.17) is 9.47 Å². The molecule has 0 unspecified atom stereocenters. The zero-order valence-corrected chi connectivity index (χ0v) is 19.0. The zero-order valence-electron chi connectivity index (χ0n) is 19.0. The molecule has 0 saturated carbocycles. The Hall–Kier alpha value is -1.14. The van der Waals surface area contributed by atoms with Gasteiger partial charge in [-0.05, 0) is 77.0 Å². The van der Waals surface area contributed by atoms with Crippen LogP contribution in [-0.2, 0) is 19.1 Å². The van der Waals surface area contributed by atoms with Gasteiger partial charge in [-0.15, -0.1) is 0 Å². The second-order valence-electron chi connectivity index (χ2n) is 9.29. The highest BCUT2D eigenvalue weighted by Crippen LogP contribution is 2.24. The van der Waals surface area contributed by atoms with Crippen molar-refractivity contribution >= 4 is 11.8 Å². The van der Waals surface area contributed by atoms with E-state index in [0.29, 0.717) is 36.9 Å². The van der Waals surface area contributed by atoms with Crippen molar-refractivity contribution in [1.82, 2.24) is 9.80 Å². The summed E-state index contributed by atoms with van der Waals surface area (Å²) in [5, 5.41) is 0. The summed E-state index contributed by atoms with van der Waals surface area (Å²) < 4.78 is 11.3. The zero-order chi connectivity index (χ0) is 21.2. The number of ether oxygens (including phenoxy) is 2. The Morgan fingerprint density at radius 2 is 1.53 bits per heavy atom. The van der Waals surface area contributed by atoms with E-state index in [1.807, 2.05) is 4.90 Å². The largest absolute Gasteiger partial charge is 0.378 e. The van der Waals surface area contributed by atoms with Crippen LogP contribution in [0.1, 0.15) is 84.0 Å². The molecular weight excluding hydrogens is 380 g/mol. The first-order valence-electron chi connectivity index (χ1n) is 12.4. The van der Waals surface area contributed by atoms with Crippen molar-refractivity contribution in [3.8, 4) is 0 Å². The molecule has 3 fully saturated rings. The Kier molecular flexibility index (Phi) is 9.92. The van der Waals surface area contributed by atoms with Gasteiger partial charge in [0.1, 0.15) is 0 Å². The molecule has 3 heterocycles. The minimum atomic E-state index is 0.277. The summed E-state index contributed by atoms with van der Waals surface area (Å²) in [5.74, 6) is 1.27. The fourth-order valence-electron chi connectivity index (χ4n) is 5.13. The molecular formula is C24H42N2O4. The molecule has 0 spiro atoms. The van der Waals surface area contributed by atoms with Gasteiger partial charge >= 0.3 is 0 Å². The fraction of sp³-hybridized carbons (Fsp3) is 0.917. The first kappa shape index (κ1) is 23.5. The lowest BCUT2D eigenvalue weighted by atomic mass is 9.92. The number of carbonyl (C=O) groups is 2. The lowest BCUT2D eigenvalue weighted by Crippen LogP contribution is -2.39. The van der Waals surface area contributed by atoms with Crippen LogP contribution in [0.5, 0.6) is 0 Å². The minimum absolute atomic E-state index is 0.277. The van der Waals surface area contributed by atoms with Crippen molar-refractivity contribution in [1.29, 1.82) is 0 Å². The molecule has 6 heteroatoms. The van der Waals surface area contributed by atoms with E-state index < -0.39 is 0 Å². The molecule has 172 valence electrons. The van der Waals surface area contributed by atoms with Gasteiger partial charge in [0, 0.05) is 52.2 Å². The molecule has 0 aromatic carbocycles. The van der Waals surface area contributed by atoms with Gasteiger partial charge in [-0.25, -0.2) is 0 Å². The maximum atomic E-state index is 12.5. The Morgan fingerprint density at radius 1 is 0.900 bits per heavy atom. The summed E-state index contributed by atoms with van der Waals surface area (Å²) in [6.45, 7) is 7.24. The highest BCUT2D eigenvalue weighted by Gasteiger charge is 2.25. The Balaban J connectivity index is 1.26. The second kappa shape index (κ2) is 12.7. The molecule has 30 heavy (non-hydrogen) atoms. The standard InChI is InChI=1S/C24H42N2O4/c1-2-25(23(27)11-9-21-7-4-18-29-21)15-3-6-20-13-16-26(17-14-20)24(28)12-10-22-8-5-19-30-22/h20-22H,2-19H2,1H3/t21-,22-/m1/s1. The molecule has 0 aromatic heterocycles. The number of nitrogens with zero attached hydrogens (tertiary/aromatic N) is 2. The number of amides is 2. The van der Waals surface area contributed by atoms with Crippen molar-refractivity contribution in [2.45, 2.75) is 96.2 Å². The minimum Gasteiger partial charge on any atom is -0.378 e. The number of carbonyl (C=O) groups excluding carboxylic acids is 2. The normalized spacial score (nSPS) is 25.0. The molecule has 3 saturated heterocycles. The Morgan fingerprint density at radius 3 is 2.10 bits per heavy atom. The van der Waals surface area contributed by atoms with Gasteiger partial charge in [0.05, 0.1) is 12.2 Å². The molecule has 3 rings (SSSR count). The number of hydrogen-bond acceptors (Lipinski definition) is 4. The number of piperidine rings is 1. The van der Waals surface area contributed by atoms with Crippen LogP contribution in [0.25, 0.3) is 0 Å². The molecule has 3 aliphatic rings. The summed E-state index contributed by atoms with van der Waals surface area (Å²) in [5.41, 5.74) is 0. The summed E-state index contributed by atoms with van der Waals surface area (Å²) in [6, 6.07) is 0. The first-order chi connectivity index (χ1) is 14.7. The molecule has 6 nitrogen and oxygen atoms in total. The van der Waals surface area contributed by atoms with Crippen LogP contribution >= 0.6 is 0 Å². The molecule has 2 atom stereocenters. The molecule has 0 bridgehead atoms. The smallest absolute Gasteiger partial charge is 0.222 e. The van der Waals surface area contributed by atoms with E-state index in [9.17, 15) is 9.59 Å². The number of hydrogen-bond donors (Lipinski definition) is 0. The van der Waals surface area contributed by atoms with Crippen LogP contribution in [-0.4, -0.2) is 73.2 Å². The van der Waals surface area contributed by atoms with Gasteiger partial charge in [0.15, 0.2) is 0 Å². The second-order valence-corrected chi connectivity index (χ2v) is 9.29. The molecule has 0 radical (unpaired) electrons. The predicted octanol–water partition coefficient (Wildman–Crippen LogP) is 3.77.